The van der Waals surface area contributed by atoms with Crippen LogP contribution < -0.4 is 4.74 Å². The Balaban J connectivity index is 1.20. The lowest BCUT2D eigenvalue weighted by Gasteiger charge is -2.32. The van der Waals surface area contributed by atoms with Gasteiger partial charge in [0.15, 0.2) is 5.76 Å². The number of carbonyl (C=O) groups excluding carboxylic acids is 2. The van der Waals surface area contributed by atoms with Gasteiger partial charge in [0.1, 0.15) is 17.4 Å². The molecule has 4 aromatic rings. The van der Waals surface area contributed by atoms with Crippen LogP contribution in [0.4, 0.5) is 0 Å². The van der Waals surface area contributed by atoms with Gasteiger partial charge in [-0.1, -0.05) is 44.5 Å². The summed E-state index contributed by atoms with van der Waals surface area (Å²) in [6, 6.07) is 9.44. The predicted octanol–water partition coefficient (Wildman–Crippen LogP) is 5.35. The number of nitrogens with zero attached hydrogens (tertiary/aromatic N) is 5. The average Bonchev–Trinajstić information content (AvgIpc) is 3.81. The van der Waals surface area contributed by atoms with Crippen LogP contribution in [-0.2, 0) is 11.3 Å². The van der Waals surface area contributed by atoms with Gasteiger partial charge in [-0.25, -0.2) is 9.97 Å². The molecule has 3 atom stereocenters. The number of rotatable bonds is 11. The monoisotopic (exact) mass is 632 g/mol. The second-order valence-corrected chi connectivity index (χ2v) is 13.4. The molecular formula is C33H40N6O5S. The molecule has 1 saturated heterocycles. The number of hydrogen-bond acceptors (Lipinski definition) is 9. The van der Waals surface area contributed by atoms with Crippen molar-refractivity contribution in [3.8, 4) is 16.3 Å². The van der Waals surface area contributed by atoms with Crippen LogP contribution >= 0.6 is 11.3 Å². The lowest BCUT2D eigenvalue weighted by Crippen LogP contribution is -2.38. The van der Waals surface area contributed by atoms with E-state index in [4.69, 9.17) is 14.2 Å². The van der Waals surface area contributed by atoms with Crippen molar-refractivity contribution in [2.45, 2.75) is 71.1 Å². The van der Waals surface area contributed by atoms with Gasteiger partial charge in [0.05, 0.1) is 35.3 Å². The maximum absolute atomic E-state index is 13.9. The Kier molecular flexibility index (Phi) is 9.04. The SMILES string of the molecule is COc1cc(C(C(=O)N2C[C@H](O)C[C@H]2c2nc(C(=O)N(Cc3ccc(-c4scnc4C)cc3)CC3CCC3)c[nH]2)C(C)C)on1. The van der Waals surface area contributed by atoms with Crippen LogP contribution in [-0.4, -0.2) is 73.1 Å². The average molecular weight is 633 g/mol. The number of aliphatic hydroxyl groups is 1. The molecule has 0 spiro atoms. The first-order valence-corrected chi connectivity index (χ1v) is 16.4. The fourth-order valence-corrected chi connectivity index (χ4v) is 7.10. The van der Waals surface area contributed by atoms with Gasteiger partial charge in [-0.2, -0.15) is 0 Å². The maximum atomic E-state index is 13.9. The smallest absolute Gasteiger partial charge is 0.274 e. The molecule has 238 valence electrons. The normalized spacial score (nSPS) is 19.1. The number of β-amino-alcohol motifs (C(OH)–C–C–N with tert-alkyl or cyclic N) is 1. The molecule has 0 bridgehead atoms. The van der Waals surface area contributed by atoms with Gasteiger partial charge in [0, 0.05) is 38.3 Å². The highest BCUT2D eigenvalue weighted by Crippen LogP contribution is 2.37. The number of aliphatic hydroxyl groups excluding tert-OH is 1. The van der Waals surface area contributed by atoms with Crippen molar-refractivity contribution < 1.29 is 24.0 Å². The Morgan fingerprint density at radius 3 is 2.64 bits per heavy atom. The molecule has 6 rings (SSSR count). The van der Waals surface area contributed by atoms with E-state index < -0.39 is 18.1 Å². The largest absolute Gasteiger partial charge is 0.479 e. The zero-order valence-corrected chi connectivity index (χ0v) is 26.9. The number of amides is 2. The summed E-state index contributed by atoms with van der Waals surface area (Å²) in [6.07, 6.45) is 4.64. The number of methoxy groups -OCH3 is 1. The summed E-state index contributed by atoms with van der Waals surface area (Å²) in [5.41, 5.74) is 5.33. The third-order valence-corrected chi connectivity index (χ3v) is 9.95. The molecule has 1 aliphatic heterocycles. The lowest BCUT2D eigenvalue weighted by atomic mass is 9.85. The number of benzene rings is 1. The van der Waals surface area contributed by atoms with Crippen LogP contribution in [0.3, 0.4) is 0 Å². The molecule has 45 heavy (non-hydrogen) atoms. The molecule has 2 N–H and O–H groups in total. The number of nitrogens with one attached hydrogen (secondary N) is 1. The van der Waals surface area contributed by atoms with Crippen molar-refractivity contribution in [3.05, 3.63) is 70.6 Å². The van der Waals surface area contributed by atoms with Crippen LogP contribution in [0.5, 0.6) is 5.88 Å². The van der Waals surface area contributed by atoms with Crippen molar-refractivity contribution in [2.24, 2.45) is 11.8 Å². The van der Waals surface area contributed by atoms with E-state index in [1.54, 1.807) is 28.5 Å². The highest BCUT2D eigenvalue weighted by Gasteiger charge is 2.42. The molecule has 3 aromatic heterocycles. The Bertz CT molecular complexity index is 1620. The number of thiazole rings is 1. The molecule has 0 radical (unpaired) electrons. The number of likely N-dealkylation sites (tertiary alicyclic amines) is 1. The van der Waals surface area contributed by atoms with Gasteiger partial charge >= 0.3 is 0 Å². The maximum Gasteiger partial charge on any atom is 0.274 e. The van der Waals surface area contributed by atoms with Crippen molar-refractivity contribution >= 4 is 23.2 Å². The number of hydrogen-bond donors (Lipinski definition) is 2. The standard InChI is InChI=1S/C33H40N6O5S/c1-19(2)29(27-13-28(43-4)37-44-27)33(42)39-17-24(40)12-26(39)31-34-14-25(36-31)32(41)38(15-21-6-5-7-21)16-22-8-10-23(11-9-22)30-20(3)35-18-45-30/h8-11,13-14,18-19,21,24,26,29,40H,5-7,12,15-17H2,1-4H3,(H,34,36)/t24-,26+,29?/m1/s1. The first-order chi connectivity index (χ1) is 21.7. The summed E-state index contributed by atoms with van der Waals surface area (Å²) in [5.74, 6) is 0.602. The zero-order chi connectivity index (χ0) is 31.7. The molecule has 1 saturated carbocycles. The van der Waals surface area contributed by atoms with Gasteiger partial charge < -0.3 is 29.2 Å². The fraction of sp³-hybridized carbons (Fsp3) is 0.485. The second kappa shape index (κ2) is 13.1. The summed E-state index contributed by atoms with van der Waals surface area (Å²) in [6.45, 7) is 7.19. The van der Waals surface area contributed by atoms with Crippen LogP contribution in [0.1, 0.15) is 84.8 Å². The minimum absolute atomic E-state index is 0.0950. The lowest BCUT2D eigenvalue weighted by molar-refractivity contribution is -0.135. The number of ether oxygens (including phenoxy) is 1. The number of carbonyl (C=O) groups is 2. The number of imidazole rings is 1. The number of aromatic nitrogens is 4. The second-order valence-electron chi connectivity index (χ2n) is 12.5. The molecule has 11 nitrogen and oxygen atoms in total. The zero-order valence-electron chi connectivity index (χ0n) is 26.1. The fourth-order valence-electron chi connectivity index (χ4n) is 6.29. The van der Waals surface area contributed by atoms with Gasteiger partial charge in [0.2, 0.25) is 5.91 Å². The summed E-state index contributed by atoms with van der Waals surface area (Å²) >= 11 is 1.62. The molecule has 1 aromatic carbocycles. The van der Waals surface area contributed by atoms with E-state index in [1.165, 1.54) is 13.5 Å². The van der Waals surface area contributed by atoms with Gasteiger partial charge in [-0.3, -0.25) is 9.59 Å². The topological polar surface area (TPSA) is 138 Å². The molecule has 1 unspecified atom stereocenters. The molecule has 12 heteroatoms. The molecule has 4 heterocycles. The van der Waals surface area contributed by atoms with Crippen molar-refractivity contribution in [3.63, 3.8) is 0 Å². The molecule has 2 fully saturated rings. The Hall–Kier alpha value is -4.03. The van der Waals surface area contributed by atoms with Crippen molar-refractivity contribution in [2.75, 3.05) is 20.2 Å². The Labute approximate surface area is 266 Å². The summed E-state index contributed by atoms with van der Waals surface area (Å²) in [4.78, 5) is 44.7. The Morgan fingerprint density at radius 2 is 2.02 bits per heavy atom. The van der Waals surface area contributed by atoms with E-state index in [9.17, 15) is 14.7 Å². The van der Waals surface area contributed by atoms with E-state index in [2.05, 4.69) is 39.4 Å². The van der Waals surface area contributed by atoms with E-state index in [1.807, 2.05) is 31.2 Å². The summed E-state index contributed by atoms with van der Waals surface area (Å²) < 4.78 is 10.6. The van der Waals surface area contributed by atoms with Crippen molar-refractivity contribution in [1.82, 2.24) is 29.9 Å². The highest BCUT2D eigenvalue weighted by atomic mass is 32.1. The Morgan fingerprint density at radius 1 is 1.24 bits per heavy atom. The summed E-state index contributed by atoms with van der Waals surface area (Å²) in [7, 11) is 1.49. The van der Waals surface area contributed by atoms with Crippen molar-refractivity contribution in [1.29, 1.82) is 0 Å². The van der Waals surface area contributed by atoms with Gasteiger partial charge in [0.25, 0.3) is 11.8 Å². The minimum Gasteiger partial charge on any atom is -0.479 e. The molecule has 2 aliphatic rings. The van der Waals surface area contributed by atoms with Crippen LogP contribution in [0.25, 0.3) is 10.4 Å². The third-order valence-electron chi connectivity index (χ3n) is 8.98. The quantitative estimate of drug-likeness (QED) is 0.226. The number of aromatic amines is 1. The summed E-state index contributed by atoms with van der Waals surface area (Å²) in [5, 5.41) is 14.5. The van der Waals surface area contributed by atoms with E-state index in [0.717, 1.165) is 34.5 Å². The van der Waals surface area contributed by atoms with E-state index in [-0.39, 0.29) is 24.3 Å². The number of H-pyrrole nitrogens is 1. The predicted molar refractivity (Wildman–Crippen MR) is 169 cm³/mol. The molecule has 1 aliphatic carbocycles. The molecule has 2 amide bonds. The van der Waals surface area contributed by atoms with Crippen LogP contribution in [0.2, 0.25) is 0 Å². The number of aryl methyl sites for hydroxylation is 1. The molecular weight excluding hydrogens is 592 g/mol. The van der Waals surface area contributed by atoms with E-state index in [0.29, 0.717) is 48.6 Å². The minimum atomic E-state index is -0.716. The highest BCUT2D eigenvalue weighted by molar-refractivity contribution is 7.13. The van der Waals surface area contributed by atoms with Gasteiger partial charge in [-0.15, -0.1) is 11.3 Å². The van der Waals surface area contributed by atoms with Gasteiger partial charge in [-0.05, 0) is 47.9 Å². The van der Waals surface area contributed by atoms with Crippen LogP contribution in [0.15, 0.2) is 46.6 Å². The van der Waals surface area contributed by atoms with Crippen LogP contribution in [0, 0.1) is 18.8 Å². The first kappa shape index (κ1) is 31.0. The first-order valence-electron chi connectivity index (χ1n) is 15.5. The third kappa shape index (κ3) is 6.53. The van der Waals surface area contributed by atoms with E-state index >= 15 is 0 Å².